The average Bonchev–Trinajstić information content (AvgIpc) is 2.81. The highest BCUT2D eigenvalue weighted by atomic mass is 16.5. The lowest BCUT2D eigenvalue weighted by Crippen LogP contribution is -2.43. The molecule has 17 heavy (non-hydrogen) atoms. The van der Waals surface area contributed by atoms with Crippen LogP contribution in [0.15, 0.2) is 0 Å². The quantitative estimate of drug-likeness (QED) is 0.519. The Hall–Kier alpha value is -1.54. The van der Waals surface area contributed by atoms with Gasteiger partial charge in [0.2, 0.25) is 5.91 Å². The van der Waals surface area contributed by atoms with E-state index in [0.29, 0.717) is 38.9 Å². The number of aliphatic carboxylic acids is 1. The van der Waals surface area contributed by atoms with Crippen molar-refractivity contribution < 1.29 is 19.4 Å². The lowest BCUT2D eigenvalue weighted by molar-refractivity contribution is -0.142. The molecule has 94 valence electrons. The molecule has 1 rings (SSSR count). The zero-order valence-corrected chi connectivity index (χ0v) is 9.65. The third-order valence-electron chi connectivity index (χ3n) is 2.73. The molecule has 2 N–H and O–H groups in total. The highest BCUT2D eigenvalue weighted by Crippen LogP contribution is 2.13. The van der Waals surface area contributed by atoms with Crippen LogP contribution < -0.4 is 5.32 Å². The SMILES string of the molecule is C#CCCC[C@@H](NC(=O)[C@@H]1CCOC1)C(=O)O. The minimum absolute atomic E-state index is 0.218. The Balaban J connectivity index is 2.40. The van der Waals surface area contributed by atoms with Crippen molar-refractivity contribution in [1.82, 2.24) is 5.32 Å². The Labute approximate surface area is 101 Å². The molecule has 0 aliphatic carbocycles. The smallest absolute Gasteiger partial charge is 0.326 e. The van der Waals surface area contributed by atoms with Gasteiger partial charge in [0, 0.05) is 13.0 Å². The van der Waals surface area contributed by atoms with Gasteiger partial charge in [0.15, 0.2) is 0 Å². The number of hydrogen-bond donors (Lipinski definition) is 2. The van der Waals surface area contributed by atoms with Crippen molar-refractivity contribution in [3.05, 3.63) is 0 Å². The number of amides is 1. The van der Waals surface area contributed by atoms with Crippen LogP contribution in [-0.4, -0.2) is 36.2 Å². The van der Waals surface area contributed by atoms with E-state index in [0.717, 1.165) is 0 Å². The molecule has 2 atom stereocenters. The molecular weight excluding hydrogens is 222 g/mol. The van der Waals surface area contributed by atoms with E-state index in [-0.39, 0.29) is 11.8 Å². The molecular formula is C12H17NO4. The van der Waals surface area contributed by atoms with Crippen LogP contribution in [0.2, 0.25) is 0 Å². The fraction of sp³-hybridized carbons (Fsp3) is 0.667. The van der Waals surface area contributed by atoms with Crippen molar-refractivity contribution in [1.29, 1.82) is 0 Å². The maximum atomic E-state index is 11.7. The van der Waals surface area contributed by atoms with Gasteiger partial charge in [-0.2, -0.15) is 0 Å². The Morgan fingerprint density at radius 3 is 2.88 bits per heavy atom. The van der Waals surface area contributed by atoms with Crippen LogP contribution in [0.25, 0.3) is 0 Å². The molecule has 1 saturated heterocycles. The summed E-state index contributed by atoms with van der Waals surface area (Å²) in [5.41, 5.74) is 0. The average molecular weight is 239 g/mol. The summed E-state index contributed by atoms with van der Waals surface area (Å²) in [6, 6.07) is -0.851. The molecule has 0 aromatic carbocycles. The van der Waals surface area contributed by atoms with Crippen molar-refractivity contribution in [3.63, 3.8) is 0 Å². The number of carboxylic acid groups (broad SMARTS) is 1. The van der Waals surface area contributed by atoms with Gasteiger partial charge in [-0.15, -0.1) is 12.3 Å². The second-order valence-corrected chi connectivity index (χ2v) is 4.06. The molecule has 5 nitrogen and oxygen atoms in total. The number of nitrogens with one attached hydrogen (secondary N) is 1. The summed E-state index contributed by atoms with van der Waals surface area (Å²) in [7, 11) is 0. The van der Waals surface area contributed by atoms with E-state index in [2.05, 4.69) is 11.2 Å². The van der Waals surface area contributed by atoms with E-state index in [1.54, 1.807) is 0 Å². The summed E-state index contributed by atoms with van der Waals surface area (Å²) in [4.78, 5) is 22.6. The summed E-state index contributed by atoms with van der Waals surface area (Å²) >= 11 is 0. The second kappa shape index (κ2) is 6.92. The third-order valence-corrected chi connectivity index (χ3v) is 2.73. The number of carboxylic acids is 1. The Morgan fingerprint density at radius 2 is 2.35 bits per heavy atom. The molecule has 0 unspecified atom stereocenters. The summed E-state index contributed by atoms with van der Waals surface area (Å²) in [5.74, 6) is 0.967. The van der Waals surface area contributed by atoms with Gasteiger partial charge >= 0.3 is 5.97 Å². The summed E-state index contributed by atoms with van der Waals surface area (Å²) < 4.78 is 5.08. The molecule has 1 aliphatic heterocycles. The lowest BCUT2D eigenvalue weighted by Gasteiger charge is -2.16. The van der Waals surface area contributed by atoms with E-state index in [9.17, 15) is 9.59 Å². The van der Waals surface area contributed by atoms with Crippen molar-refractivity contribution in [2.24, 2.45) is 5.92 Å². The monoisotopic (exact) mass is 239 g/mol. The predicted molar refractivity (Wildman–Crippen MR) is 61.2 cm³/mol. The van der Waals surface area contributed by atoms with E-state index in [4.69, 9.17) is 16.3 Å². The molecule has 0 aromatic heterocycles. The number of rotatable bonds is 6. The van der Waals surface area contributed by atoms with E-state index in [1.165, 1.54) is 0 Å². The van der Waals surface area contributed by atoms with Crippen LogP contribution in [0.3, 0.4) is 0 Å². The lowest BCUT2D eigenvalue weighted by atomic mass is 10.1. The molecule has 0 radical (unpaired) electrons. The highest BCUT2D eigenvalue weighted by Gasteiger charge is 2.27. The number of unbranched alkanes of at least 4 members (excludes halogenated alkanes) is 1. The topological polar surface area (TPSA) is 75.6 Å². The van der Waals surface area contributed by atoms with Crippen molar-refractivity contribution >= 4 is 11.9 Å². The van der Waals surface area contributed by atoms with E-state index >= 15 is 0 Å². The zero-order chi connectivity index (χ0) is 12.7. The number of terminal acetylenes is 1. The van der Waals surface area contributed by atoms with Gasteiger partial charge in [-0.05, 0) is 19.3 Å². The molecule has 5 heteroatoms. The van der Waals surface area contributed by atoms with Crippen LogP contribution in [0.1, 0.15) is 25.7 Å². The summed E-state index contributed by atoms with van der Waals surface area (Å²) in [6.45, 7) is 0.940. The minimum atomic E-state index is -1.02. The molecule has 0 saturated carbocycles. The zero-order valence-electron chi connectivity index (χ0n) is 9.65. The summed E-state index contributed by atoms with van der Waals surface area (Å²) in [6.07, 6.45) is 7.22. The van der Waals surface area contributed by atoms with Crippen LogP contribution in [-0.2, 0) is 14.3 Å². The van der Waals surface area contributed by atoms with Crippen molar-refractivity contribution in [3.8, 4) is 12.3 Å². The first-order valence-electron chi connectivity index (χ1n) is 5.69. The first-order chi connectivity index (χ1) is 8.15. The third kappa shape index (κ3) is 4.45. The Morgan fingerprint density at radius 1 is 1.59 bits per heavy atom. The Kier molecular flexibility index (Phi) is 5.50. The maximum Gasteiger partial charge on any atom is 0.326 e. The van der Waals surface area contributed by atoms with Crippen molar-refractivity contribution in [2.45, 2.75) is 31.7 Å². The molecule has 1 fully saturated rings. The molecule has 0 bridgehead atoms. The first-order valence-corrected chi connectivity index (χ1v) is 5.69. The standard InChI is InChI=1S/C12H17NO4/c1-2-3-4-5-10(12(15)16)13-11(14)9-6-7-17-8-9/h1,9-10H,3-8H2,(H,13,14)(H,15,16)/t9-,10-/m1/s1. The molecule has 0 spiro atoms. The second-order valence-electron chi connectivity index (χ2n) is 4.06. The molecule has 0 aromatic rings. The predicted octanol–water partition coefficient (Wildman–Crippen LogP) is 0.396. The normalized spacial score (nSPS) is 20.5. The minimum Gasteiger partial charge on any atom is -0.480 e. The van der Waals surface area contributed by atoms with Crippen LogP contribution in [0, 0.1) is 18.3 Å². The van der Waals surface area contributed by atoms with Crippen LogP contribution in [0.4, 0.5) is 0 Å². The van der Waals surface area contributed by atoms with Crippen LogP contribution >= 0.6 is 0 Å². The number of carbonyl (C=O) groups is 2. The highest BCUT2D eigenvalue weighted by molar-refractivity contribution is 5.85. The number of carbonyl (C=O) groups excluding carboxylic acids is 1. The van der Waals surface area contributed by atoms with Gasteiger partial charge in [0.25, 0.3) is 0 Å². The van der Waals surface area contributed by atoms with Gasteiger partial charge in [0.05, 0.1) is 12.5 Å². The van der Waals surface area contributed by atoms with Gasteiger partial charge < -0.3 is 15.2 Å². The fourth-order valence-electron chi connectivity index (χ4n) is 1.70. The summed E-state index contributed by atoms with van der Waals surface area (Å²) in [5, 5.41) is 11.5. The van der Waals surface area contributed by atoms with Gasteiger partial charge in [-0.25, -0.2) is 4.79 Å². The van der Waals surface area contributed by atoms with Crippen molar-refractivity contribution in [2.75, 3.05) is 13.2 Å². The molecule has 1 heterocycles. The van der Waals surface area contributed by atoms with Gasteiger partial charge in [-0.3, -0.25) is 4.79 Å². The van der Waals surface area contributed by atoms with Crippen LogP contribution in [0.5, 0.6) is 0 Å². The Bertz CT molecular complexity index is 315. The molecule has 1 amide bonds. The number of ether oxygens (including phenoxy) is 1. The first kappa shape index (κ1) is 13.5. The van der Waals surface area contributed by atoms with E-state index in [1.807, 2.05) is 0 Å². The fourth-order valence-corrected chi connectivity index (χ4v) is 1.70. The maximum absolute atomic E-state index is 11.7. The van der Waals surface area contributed by atoms with Gasteiger partial charge in [-0.1, -0.05) is 0 Å². The number of hydrogen-bond acceptors (Lipinski definition) is 3. The largest absolute Gasteiger partial charge is 0.480 e. The van der Waals surface area contributed by atoms with Gasteiger partial charge in [0.1, 0.15) is 6.04 Å². The molecule has 1 aliphatic rings. The van der Waals surface area contributed by atoms with E-state index < -0.39 is 12.0 Å².